The summed E-state index contributed by atoms with van der Waals surface area (Å²) >= 11 is 15.2. The molecular formula is C18H16BrCl2N3O4. The average molecular weight is 489 g/mol. The van der Waals surface area contributed by atoms with Gasteiger partial charge in [-0.25, -0.2) is 5.43 Å². The molecule has 0 saturated heterocycles. The fourth-order valence-corrected chi connectivity index (χ4v) is 3.01. The van der Waals surface area contributed by atoms with Gasteiger partial charge in [0.05, 0.1) is 40.6 Å². The normalized spacial score (nSPS) is 10.6. The third kappa shape index (κ3) is 5.85. The summed E-state index contributed by atoms with van der Waals surface area (Å²) in [4.78, 5) is 23.9. The maximum Gasteiger partial charge on any atom is 0.249 e. The number of nitrogens with one attached hydrogen (secondary N) is 2. The second kappa shape index (κ2) is 10.3. The van der Waals surface area contributed by atoms with Crippen molar-refractivity contribution in [1.29, 1.82) is 0 Å². The molecule has 2 amide bonds. The van der Waals surface area contributed by atoms with Gasteiger partial charge >= 0.3 is 0 Å². The molecule has 7 nitrogen and oxygen atoms in total. The third-order valence-corrected chi connectivity index (χ3v) is 4.88. The molecule has 148 valence electrons. The number of carbonyl (C=O) groups is 2. The highest BCUT2D eigenvalue weighted by Crippen LogP contribution is 2.32. The van der Waals surface area contributed by atoms with E-state index in [4.69, 9.17) is 32.7 Å². The Labute approximate surface area is 180 Å². The van der Waals surface area contributed by atoms with Crippen molar-refractivity contribution >= 4 is 62.8 Å². The Bertz CT molecular complexity index is 922. The number of amides is 2. The third-order valence-electron chi connectivity index (χ3n) is 3.44. The number of methoxy groups -OCH3 is 2. The zero-order valence-corrected chi connectivity index (χ0v) is 18.0. The lowest BCUT2D eigenvalue weighted by molar-refractivity contribution is -0.126. The Morgan fingerprint density at radius 2 is 1.86 bits per heavy atom. The number of nitrogens with zero attached hydrogens (tertiary/aromatic N) is 1. The van der Waals surface area contributed by atoms with E-state index >= 15 is 0 Å². The summed E-state index contributed by atoms with van der Waals surface area (Å²) in [6.07, 6.45) is 0.955. The lowest BCUT2D eigenvalue weighted by Gasteiger charge is -2.09. The van der Waals surface area contributed by atoms with Crippen molar-refractivity contribution in [2.24, 2.45) is 5.10 Å². The molecule has 0 bridgehead atoms. The van der Waals surface area contributed by atoms with Gasteiger partial charge in [0.1, 0.15) is 17.9 Å². The van der Waals surface area contributed by atoms with E-state index in [1.807, 2.05) is 0 Å². The van der Waals surface area contributed by atoms with Gasteiger partial charge in [-0.2, -0.15) is 5.10 Å². The standard InChI is InChI=1S/C18H16BrCl2N3O4/c1-27-14-7-15(28-2)11(19)6-10(14)9-22-24-17(26)8-16(25)23-13-5-3-4-12(20)18(13)21/h3-7,9H,8H2,1-2H3,(H,23,25)(H,24,26). The van der Waals surface area contributed by atoms with Crippen LogP contribution in [0.15, 0.2) is 39.9 Å². The Morgan fingerprint density at radius 3 is 2.54 bits per heavy atom. The van der Waals surface area contributed by atoms with Crippen molar-refractivity contribution in [2.45, 2.75) is 6.42 Å². The Hall–Kier alpha value is -2.29. The molecule has 0 saturated carbocycles. The molecule has 0 radical (unpaired) electrons. The Morgan fingerprint density at radius 1 is 1.14 bits per heavy atom. The number of halogens is 3. The van der Waals surface area contributed by atoms with E-state index in [9.17, 15) is 9.59 Å². The largest absolute Gasteiger partial charge is 0.496 e. The average Bonchev–Trinajstić information content (AvgIpc) is 2.65. The van der Waals surface area contributed by atoms with E-state index in [0.717, 1.165) is 0 Å². The molecule has 0 unspecified atom stereocenters. The van der Waals surface area contributed by atoms with Gasteiger partial charge in [0.15, 0.2) is 0 Å². The van der Waals surface area contributed by atoms with Crippen LogP contribution < -0.4 is 20.2 Å². The fourth-order valence-electron chi connectivity index (χ4n) is 2.14. The molecule has 0 heterocycles. The number of ether oxygens (including phenoxy) is 2. The Kier molecular flexibility index (Phi) is 8.10. The van der Waals surface area contributed by atoms with Crippen LogP contribution in [-0.4, -0.2) is 32.2 Å². The molecule has 0 aliphatic rings. The molecule has 28 heavy (non-hydrogen) atoms. The molecule has 0 aliphatic heterocycles. The van der Waals surface area contributed by atoms with Crippen LogP contribution in [0, 0.1) is 0 Å². The number of benzene rings is 2. The lowest BCUT2D eigenvalue weighted by atomic mass is 10.2. The molecule has 0 aliphatic carbocycles. The molecule has 2 aromatic carbocycles. The van der Waals surface area contributed by atoms with Crippen LogP contribution in [0.1, 0.15) is 12.0 Å². The van der Waals surface area contributed by atoms with Gasteiger partial charge in [-0.3, -0.25) is 9.59 Å². The molecular weight excluding hydrogens is 473 g/mol. The predicted octanol–water partition coefficient (Wildman–Crippen LogP) is 4.25. The van der Waals surface area contributed by atoms with Crippen molar-refractivity contribution in [3.8, 4) is 11.5 Å². The van der Waals surface area contributed by atoms with Gasteiger partial charge in [-0.15, -0.1) is 0 Å². The summed E-state index contributed by atoms with van der Waals surface area (Å²) in [5.41, 5.74) is 3.21. The molecule has 0 fully saturated rings. The van der Waals surface area contributed by atoms with Crippen molar-refractivity contribution in [3.63, 3.8) is 0 Å². The van der Waals surface area contributed by atoms with Gasteiger partial charge in [0, 0.05) is 11.6 Å². The predicted molar refractivity (Wildman–Crippen MR) is 113 cm³/mol. The number of rotatable bonds is 7. The van der Waals surface area contributed by atoms with Crippen LogP contribution in [0.5, 0.6) is 11.5 Å². The number of hydrazone groups is 1. The van der Waals surface area contributed by atoms with Gasteiger partial charge in [-0.05, 0) is 34.1 Å². The van der Waals surface area contributed by atoms with E-state index in [1.165, 1.54) is 20.4 Å². The Balaban J connectivity index is 1.96. The van der Waals surface area contributed by atoms with E-state index in [-0.39, 0.29) is 5.02 Å². The number of hydrogen-bond acceptors (Lipinski definition) is 5. The number of hydrogen-bond donors (Lipinski definition) is 2. The van der Waals surface area contributed by atoms with Gasteiger partial charge in [-0.1, -0.05) is 29.3 Å². The van der Waals surface area contributed by atoms with Gasteiger partial charge < -0.3 is 14.8 Å². The molecule has 10 heteroatoms. The summed E-state index contributed by atoms with van der Waals surface area (Å²) in [6.45, 7) is 0. The molecule has 2 aromatic rings. The zero-order chi connectivity index (χ0) is 20.7. The highest BCUT2D eigenvalue weighted by molar-refractivity contribution is 9.10. The van der Waals surface area contributed by atoms with Crippen molar-refractivity contribution in [2.75, 3.05) is 19.5 Å². The van der Waals surface area contributed by atoms with E-state index in [1.54, 1.807) is 30.3 Å². The van der Waals surface area contributed by atoms with Crippen LogP contribution in [0.25, 0.3) is 0 Å². The number of carbonyl (C=O) groups excluding carboxylic acids is 2. The number of anilines is 1. The monoisotopic (exact) mass is 487 g/mol. The minimum Gasteiger partial charge on any atom is -0.496 e. The van der Waals surface area contributed by atoms with Crippen molar-refractivity contribution in [1.82, 2.24) is 5.43 Å². The van der Waals surface area contributed by atoms with E-state index < -0.39 is 18.2 Å². The molecule has 0 aromatic heterocycles. The summed E-state index contributed by atoms with van der Waals surface area (Å²) in [5, 5.41) is 6.87. The topological polar surface area (TPSA) is 89.0 Å². The highest BCUT2D eigenvalue weighted by Gasteiger charge is 2.12. The second-order valence-corrected chi connectivity index (χ2v) is 6.99. The van der Waals surface area contributed by atoms with Crippen LogP contribution in [0.3, 0.4) is 0 Å². The van der Waals surface area contributed by atoms with Gasteiger partial charge in [0.25, 0.3) is 0 Å². The first-order valence-electron chi connectivity index (χ1n) is 7.83. The molecule has 2 rings (SSSR count). The minimum absolute atomic E-state index is 0.202. The van der Waals surface area contributed by atoms with Crippen LogP contribution in [0.4, 0.5) is 5.69 Å². The first-order valence-corrected chi connectivity index (χ1v) is 9.38. The van der Waals surface area contributed by atoms with Gasteiger partial charge in [0.2, 0.25) is 11.8 Å². The van der Waals surface area contributed by atoms with E-state index in [2.05, 4.69) is 31.8 Å². The maximum absolute atomic E-state index is 12.0. The summed E-state index contributed by atoms with van der Waals surface area (Å²) in [6, 6.07) is 8.20. The SMILES string of the molecule is COc1cc(OC)c(C=NNC(=O)CC(=O)Nc2cccc(Cl)c2Cl)cc1Br. The van der Waals surface area contributed by atoms with Crippen LogP contribution >= 0.6 is 39.1 Å². The lowest BCUT2D eigenvalue weighted by Crippen LogP contribution is -2.24. The van der Waals surface area contributed by atoms with Crippen LogP contribution in [-0.2, 0) is 9.59 Å². The summed E-state index contributed by atoms with van der Waals surface area (Å²) < 4.78 is 11.1. The zero-order valence-electron chi connectivity index (χ0n) is 14.9. The summed E-state index contributed by atoms with van der Waals surface area (Å²) in [5.74, 6) is -0.0548. The van der Waals surface area contributed by atoms with Crippen molar-refractivity contribution in [3.05, 3.63) is 50.4 Å². The maximum atomic E-state index is 12.0. The fraction of sp³-hybridized carbons (Fsp3) is 0.167. The van der Waals surface area contributed by atoms with Crippen LogP contribution in [0.2, 0.25) is 10.0 Å². The highest BCUT2D eigenvalue weighted by atomic mass is 79.9. The molecule has 2 N–H and O–H groups in total. The molecule has 0 atom stereocenters. The first-order chi connectivity index (χ1) is 13.3. The minimum atomic E-state index is -0.599. The molecule has 0 spiro atoms. The first kappa shape index (κ1) is 22.0. The second-order valence-electron chi connectivity index (χ2n) is 5.35. The van der Waals surface area contributed by atoms with E-state index in [0.29, 0.717) is 32.2 Å². The summed E-state index contributed by atoms with van der Waals surface area (Å²) in [7, 11) is 3.04. The smallest absolute Gasteiger partial charge is 0.249 e. The quantitative estimate of drug-likeness (QED) is 0.346. The van der Waals surface area contributed by atoms with Crippen molar-refractivity contribution < 1.29 is 19.1 Å².